The lowest BCUT2D eigenvalue weighted by Crippen LogP contribution is -2.03. The Balaban J connectivity index is 2.03. The third-order valence-electron chi connectivity index (χ3n) is 3.31. The highest BCUT2D eigenvalue weighted by atomic mass is 32.2. The van der Waals surface area contributed by atoms with Crippen molar-refractivity contribution in [3.05, 3.63) is 24.3 Å². The molecule has 3 aromatic rings. The predicted molar refractivity (Wildman–Crippen MR) is 85.8 cm³/mol. The van der Waals surface area contributed by atoms with Crippen molar-refractivity contribution in [3.63, 3.8) is 0 Å². The van der Waals surface area contributed by atoms with E-state index in [1.807, 2.05) is 35.8 Å². The molecule has 0 aliphatic rings. The topological polar surface area (TPSA) is 90.4 Å². The molecule has 0 amide bonds. The Labute approximate surface area is 136 Å². The number of thioether (sulfide) groups is 1. The van der Waals surface area contributed by atoms with Crippen LogP contribution in [0, 0.1) is 0 Å². The lowest BCUT2D eigenvalue weighted by Gasteiger charge is -2.04. The van der Waals surface area contributed by atoms with Gasteiger partial charge in [-0.3, -0.25) is 9.36 Å². The van der Waals surface area contributed by atoms with Gasteiger partial charge in [0.25, 0.3) is 0 Å². The van der Waals surface area contributed by atoms with Crippen molar-refractivity contribution in [1.82, 2.24) is 14.8 Å². The zero-order chi connectivity index (χ0) is 16.4. The van der Waals surface area contributed by atoms with Crippen LogP contribution < -0.4 is 4.74 Å². The Morgan fingerprint density at radius 1 is 1.43 bits per heavy atom. The number of rotatable bonds is 6. The first-order valence-corrected chi connectivity index (χ1v) is 7.97. The number of para-hydroxylation sites is 1. The molecular weight excluding hydrogens is 318 g/mol. The van der Waals surface area contributed by atoms with E-state index in [4.69, 9.17) is 14.3 Å². The summed E-state index contributed by atoms with van der Waals surface area (Å²) in [5.41, 5.74) is 0.649. The number of ether oxygens (including phenoxy) is 1. The molecule has 1 N–H and O–H groups in total. The number of carboxylic acid groups (broad SMARTS) is 1. The molecule has 8 heteroatoms. The molecular formula is C15H15N3O4S. The number of hydrogen-bond donors (Lipinski definition) is 1. The third-order valence-corrected chi connectivity index (χ3v) is 4.26. The molecule has 0 fully saturated rings. The van der Waals surface area contributed by atoms with Gasteiger partial charge in [-0.25, -0.2) is 0 Å². The molecule has 0 radical (unpaired) electrons. The predicted octanol–water partition coefficient (Wildman–Crippen LogP) is 2.90. The van der Waals surface area contributed by atoms with Gasteiger partial charge in [0, 0.05) is 11.9 Å². The number of benzene rings is 1. The van der Waals surface area contributed by atoms with Crippen LogP contribution in [-0.4, -0.2) is 38.7 Å². The van der Waals surface area contributed by atoms with Crippen molar-refractivity contribution in [3.8, 4) is 17.3 Å². The molecule has 0 aliphatic carbocycles. The van der Waals surface area contributed by atoms with Gasteiger partial charge in [-0.1, -0.05) is 23.9 Å². The molecule has 2 heterocycles. The van der Waals surface area contributed by atoms with Crippen molar-refractivity contribution in [2.45, 2.75) is 18.6 Å². The zero-order valence-corrected chi connectivity index (χ0v) is 13.5. The summed E-state index contributed by atoms with van der Waals surface area (Å²) in [7, 11) is 1.59. The lowest BCUT2D eigenvalue weighted by atomic mass is 10.2. The van der Waals surface area contributed by atoms with Crippen molar-refractivity contribution in [2.75, 3.05) is 12.9 Å². The number of carbonyl (C=O) groups is 1. The average molecular weight is 333 g/mol. The monoisotopic (exact) mass is 333 g/mol. The largest absolute Gasteiger partial charge is 0.493 e. The summed E-state index contributed by atoms with van der Waals surface area (Å²) < 4.78 is 13.0. The fourth-order valence-corrected chi connectivity index (χ4v) is 3.02. The minimum atomic E-state index is -0.893. The maximum Gasteiger partial charge on any atom is 0.313 e. The van der Waals surface area contributed by atoms with Crippen molar-refractivity contribution in [1.29, 1.82) is 0 Å². The molecule has 3 rings (SSSR count). The van der Waals surface area contributed by atoms with Crippen molar-refractivity contribution >= 4 is 28.7 Å². The Morgan fingerprint density at radius 3 is 2.96 bits per heavy atom. The Kier molecular flexibility index (Phi) is 4.24. The minimum Gasteiger partial charge on any atom is -0.493 e. The lowest BCUT2D eigenvalue weighted by molar-refractivity contribution is -0.133. The Hall–Kier alpha value is -2.48. The molecule has 1 aromatic carbocycles. The maximum atomic E-state index is 10.7. The van der Waals surface area contributed by atoms with Crippen LogP contribution in [0.25, 0.3) is 22.6 Å². The molecule has 0 unspecified atom stereocenters. The van der Waals surface area contributed by atoms with Gasteiger partial charge < -0.3 is 14.3 Å². The molecule has 7 nitrogen and oxygen atoms in total. The van der Waals surface area contributed by atoms with Gasteiger partial charge in [-0.05, 0) is 19.1 Å². The van der Waals surface area contributed by atoms with E-state index in [9.17, 15) is 4.79 Å². The quantitative estimate of drug-likeness (QED) is 0.694. The highest BCUT2D eigenvalue weighted by Crippen LogP contribution is 2.33. The molecule has 120 valence electrons. The number of carboxylic acids is 1. The van der Waals surface area contributed by atoms with E-state index < -0.39 is 5.97 Å². The molecule has 0 aliphatic heterocycles. The summed E-state index contributed by atoms with van der Waals surface area (Å²) in [5, 5.41) is 18.5. The summed E-state index contributed by atoms with van der Waals surface area (Å²) in [5.74, 6) is 0.832. The Bertz CT molecular complexity index is 856. The summed E-state index contributed by atoms with van der Waals surface area (Å²) in [6.07, 6.45) is 0. The summed E-state index contributed by atoms with van der Waals surface area (Å²) in [6.45, 7) is 2.55. The fraction of sp³-hybridized carbons (Fsp3) is 0.267. The van der Waals surface area contributed by atoms with Crippen LogP contribution in [0.3, 0.4) is 0 Å². The minimum absolute atomic E-state index is 0.0634. The Morgan fingerprint density at radius 2 is 2.26 bits per heavy atom. The number of hydrogen-bond acceptors (Lipinski definition) is 6. The van der Waals surface area contributed by atoms with Crippen molar-refractivity contribution in [2.24, 2.45) is 0 Å². The van der Waals surface area contributed by atoms with E-state index in [0.717, 1.165) is 17.1 Å². The first kappa shape index (κ1) is 15.4. The molecule has 23 heavy (non-hydrogen) atoms. The maximum absolute atomic E-state index is 10.7. The fourth-order valence-electron chi connectivity index (χ4n) is 2.30. The number of aliphatic carboxylic acids is 1. The van der Waals surface area contributed by atoms with E-state index in [0.29, 0.717) is 34.6 Å². The second kappa shape index (κ2) is 6.33. The normalized spacial score (nSPS) is 11.0. The molecule has 2 aromatic heterocycles. The van der Waals surface area contributed by atoms with Gasteiger partial charge in [0.05, 0.1) is 12.9 Å². The van der Waals surface area contributed by atoms with Crippen LogP contribution in [0.5, 0.6) is 5.75 Å². The van der Waals surface area contributed by atoms with E-state index in [2.05, 4.69) is 10.2 Å². The molecule has 0 saturated carbocycles. The van der Waals surface area contributed by atoms with Gasteiger partial charge in [0.2, 0.25) is 5.82 Å². The molecule has 0 bridgehead atoms. The van der Waals surface area contributed by atoms with Crippen LogP contribution in [0.2, 0.25) is 0 Å². The van der Waals surface area contributed by atoms with E-state index >= 15 is 0 Å². The number of fused-ring (bicyclic) bond motifs is 1. The van der Waals surface area contributed by atoms with Gasteiger partial charge in [-0.15, -0.1) is 10.2 Å². The van der Waals surface area contributed by atoms with Crippen LogP contribution in [0.1, 0.15) is 6.92 Å². The van der Waals surface area contributed by atoms with Crippen molar-refractivity contribution < 1.29 is 19.1 Å². The third kappa shape index (κ3) is 2.89. The van der Waals surface area contributed by atoms with Crippen LogP contribution >= 0.6 is 11.8 Å². The summed E-state index contributed by atoms with van der Waals surface area (Å²) in [6, 6.07) is 7.52. The van der Waals surface area contributed by atoms with Crippen LogP contribution in [0.15, 0.2) is 33.8 Å². The first-order valence-electron chi connectivity index (χ1n) is 6.98. The van der Waals surface area contributed by atoms with E-state index in [1.54, 1.807) is 7.11 Å². The summed E-state index contributed by atoms with van der Waals surface area (Å²) >= 11 is 1.13. The molecule has 0 spiro atoms. The SMILES string of the molecule is CCn1c(SCC(=O)O)nnc1-c1cc2cccc(OC)c2o1. The smallest absolute Gasteiger partial charge is 0.313 e. The highest BCUT2D eigenvalue weighted by molar-refractivity contribution is 7.99. The average Bonchev–Trinajstić information content (AvgIpc) is 3.15. The van der Waals surface area contributed by atoms with E-state index in [-0.39, 0.29) is 5.75 Å². The van der Waals surface area contributed by atoms with Gasteiger partial charge in [0.1, 0.15) is 0 Å². The molecule has 0 saturated heterocycles. The number of nitrogens with zero attached hydrogens (tertiary/aromatic N) is 3. The number of furan rings is 1. The highest BCUT2D eigenvalue weighted by Gasteiger charge is 2.18. The molecule has 0 atom stereocenters. The van der Waals surface area contributed by atoms with Crippen LogP contribution in [0.4, 0.5) is 0 Å². The van der Waals surface area contributed by atoms with Gasteiger partial charge in [-0.2, -0.15) is 0 Å². The second-order valence-corrected chi connectivity index (χ2v) is 5.66. The van der Waals surface area contributed by atoms with Gasteiger partial charge >= 0.3 is 5.97 Å². The van der Waals surface area contributed by atoms with E-state index in [1.165, 1.54) is 0 Å². The van der Waals surface area contributed by atoms with Gasteiger partial charge in [0.15, 0.2) is 22.2 Å². The number of aromatic nitrogens is 3. The van der Waals surface area contributed by atoms with Crippen LogP contribution in [-0.2, 0) is 11.3 Å². The second-order valence-electron chi connectivity index (χ2n) is 4.72. The summed E-state index contributed by atoms with van der Waals surface area (Å²) in [4.78, 5) is 10.7. The first-order chi connectivity index (χ1) is 11.1. The zero-order valence-electron chi connectivity index (χ0n) is 12.6. The number of methoxy groups -OCH3 is 1. The standard InChI is InChI=1S/C15H15N3O4S/c1-3-18-14(16-17-15(18)23-8-12(19)20)11-7-9-5-4-6-10(21-2)13(9)22-11/h4-7H,3,8H2,1-2H3,(H,19,20).